The van der Waals surface area contributed by atoms with Crippen LogP contribution in [0.5, 0.6) is 0 Å². The minimum Gasteiger partial charge on any atom is -0.383 e. The Morgan fingerprint density at radius 3 is 2.78 bits per heavy atom. The molecule has 0 fully saturated rings. The van der Waals surface area contributed by atoms with Crippen molar-refractivity contribution in [2.24, 2.45) is 0 Å². The third kappa shape index (κ3) is 4.01. The normalized spacial score (nSPS) is 11.0. The van der Waals surface area contributed by atoms with Gasteiger partial charge in [0.15, 0.2) is 0 Å². The van der Waals surface area contributed by atoms with Gasteiger partial charge < -0.3 is 10.1 Å². The Morgan fingerprint density at radius 2 is 2.04 bits per heavy atom. The Bertz CT molecular complexity index is 1080. The molecule has 8 heteroatoms. The summed E-state index contributed by atoms with van der Waals surface area (Å²) in [5, 5.41) is 4.56. The zero-order chi connectivity index (χ0) is 19.4. The zero-order valence-electron chi connectivity index (χ0n) is 15.2. The lowest BCUT2D eigenvalue weighted by Crippen LogP contribution is -2.42. The van der Waals surface area contributed by atoms with Crippen molar-refractivity contribution in [2.45, 2.75) is 26.4 Å². The van der Waals surface area contributed by atoms with E-state index in [2.05, 4.69) is 5.32 Å². The Balaban J connectivity index is 1.93. The maximum Gasteiger partial charge on any atom is 0.332 e. The minimum absolute atomic E-state index is 0.141. The number of hydrogen-bond acceptors (Lipinski definition) is 5. The van der Waals surface area contributed by atoms with E-state index in [1.165, 1.54) is 23.0 Å². The molecule has 2 aromatic heterocycles. The molecule has 7 nitrogen and oxygen atoms in total. The van der Waals surface area contributed by atoms with Crippen molar-refractivity contribution in [1.82, 2.24) is 9.13 Å². The number of rotatable bonds is 7. The van der Waals surface area contributed by atoms with Gasteiger partial charge in [0.25, 0.3) is 5.56 Å². The molecular weight excluding hydrogens is 366 g/mol. The van der Waals surface area contributed by atoms with Crippen molar-refractivity contribution >= 4 is 33.1 Å². The molecule has 0 aliphatic heterocycles. The van der Waals surface area contributed by atoms with E-state index in [1.807, 2.05) is 25.1 Å². The summed E-state index contributed by atoms with van der Waals surface area (Å²) in [6.45, 7) is 2.25. The third-order valence-electron chi connectivity index (χ3n) is 4.28. The van der Waals surface area contributed by atoms with Crippen LogP contribution in [0.4, 0.5) is 5.69 Å². The second kappa shape index (κ2) is 8.32. The number of anilines is 1. The Morgan fingerprint density at radius 1 is 1.22 bits per heavy atom. The number of amides is 1. The highest BCUT2D eigenvalue weighted by Crippen LogP contribution is 2.16. The van der Waals surface area contributed by atoms with Crippen molar-refractivity contribution in [2.75, 3.05) is 19.0 Å². The molecule has 0 radical (unpaired) electrons. The van der Waals surface area contributed by atoms with Crippen molar-refractivity contribution in [3.8, 4) is 0 Å². The summed E-state index contributed by atoms with van der Waals surface area (Å²) in [6, 6.07) is 9.26. The van der Waals surface area contributed by atoms with Gasteiger partial charge in [-0.2, -0.15) is 0 Å². The van der Waals surface area contributed by atoms with E-state index in [1.54, 1.807) is 17.5 Å². The van der Waals surface area contributed by atoms with Crippen molar-refractivity contribution < 1.29 is 9.53 Å². The number of carbonyl (C=O) groups excluding carboxylic acids is 1. The van der Waals surface area contributed by atoms with Crippen molar-refractivity contribution in [1.29, 1.82) is 0 Å². The van der Waals surface area contributed by atoms with Crippen LogP contribution in [0.25, 0.3) is 10.2 Å². The Labute approximate surface area is 159 Å². The molecule has 0 atom stereocenters. The first-order valence-electron chi connectivity index (χ1n) is 8.63. The molecule has 0 bridgehead atoms. The van der Waals surface area contributed by atoms with Crippen LogP contribution in [0, 0.1) is 0 Å². The molecule has 0 unspecified atom stereocenters. The molecule has 3 rings (SSSR count). The molecule has 2 heterocycles. The first-order chi connectivity index (χ1) is 13.0. The van der Waals surface area contributed by atoms with Crippen LogP contribution in [0.1, 0.15) is 12.5 Å². The largest absolute Gasteiger partial charge is 0.383 e. The fourth-order valence-electron chi connectivity index (χ4n) is 2.88. The summed E-state index contributed by atoms with van der Waals surface area (Å²) in [6.07, 6.45) is 0.864. The maximum absolute atomic E-state index is 12.8. The van der Waals surface area contributed by atoms with Gasteiger partial charge in [-0.15, -0.1) is 11.3 Å². The topological polar surface area (TPSA) is 82.3 Å². The highest BCUT2D eigenvalue weighted by atomic mass is 32.1. The van der Waals surface area contributed by atoms with Crippen LogP contribution in [0.2, 0.25) is 0 Å². The second-order valence-electron chi connectivity index (χ2n) is 6.06. The van der Waals surface area contributed by atoms with Crippen molar-refractivity contribution in [3.05, 3.63) is 62.1 Å². The molecule has 1 aromatic carbocycles. The number of ether oxygens (including phenoxy) is 1. The van der Waals surface area contributed by atoms with E-state index >= 15 is 0 Å². The molecular formula is C19H21N3O4S. The number of aryl methyl sites for hydroxylation is 1. The second-order valence-corrected chi connectivity index (χ2v) is 6.97. The van der Waals surface area contributed by atoms with Gasteiger partial charge in [0.1, 0.15) is 11.2 Å². The predicted molar refractivity (Wildman–Crippen MR) is 107 cm³/mol. The average Bonchev–Trinajstić information content (AvgIpc) is 3.15. The number of fused-ring (bicyclic) bond motifs is 1. The molecule has 0 aliphatic rings. The molecule has 1 amide bonds. The molecule has 27 heavy (non-hydrogen) atoms. The van der Waals surface area contributed by atoms with Crippen LogP contribution in [-0.4, -0.2) is 28.8 Å². The highest BCUT2D eigenvalue weighted by molar-refractivity contribution is 7.17. The van der Waals surface area contributed by atoms with Crippen molar-refractivity contribution in [3.63, 3.8) is 0 Å². The van der Waals surface area contributed by atoms with Crippen LogP contribution in [-0.2, 0) is 29.0 Å². The number of carbonyl (C=O) groups is 1. The molecule has 0 aliphatic carbocycles. The number of aromatic nitrogens is 2. The standard InChI is InChI=1S/C19H21N3O4S/c1-3-13-5-4-6-14(11-13)20-16(23)12-22-15-7-10-27-17(15)18(24)21(19(22)25)8-9-26-2/h4-7,10-11H,3,8-9,12H2,1-2H3,(H,20,23). The quantitative estimate of drug-likeness (QED) is 0.673. The van der Waals surface area contributed by atoms with Gasteiger partial charge in [-0.1, -0.05) is 19.1 Å². The van der Waals surface area contributed by atoms with Gasteiger partial charge in [0.2, 0.25) is 5.91 Å². The lowest BCUT2D eigenvalue weighted by atomic mass is 10.1. The van der Waals surface area contributed by atoms with E-state index in [-0.39, 0.29) is 31.2 Å². The van der Waals surface area contributed by atoms with E-state index in [0.29, 0.717) is 15.9 Å². The first kappa shape index (κ1) is 19.1. The first-order valence-corrected chi connectivity index (χ1v) is 9.51. The number of benzene rings is 1. The number of hydrogen-bond donors (Lipinski definition) is 1. The van der Waals surface area contributed by atoms with Gasteiger partial charge in [-0.25, -0.2) is 4.79 Å². The van der Waals surface area contributed by atoms with Gasteiger partial charge >= 0.3 is 5.69 Å². The number of methoxy groups -OCH3 is 1. The van der Waals surface area contributed by atoms with E-state index in [0.717, 1.165) is 16.6 Å². The SMILES string of the molecule is CCc1cccc(NC(=O)Cn2c(=O)n(CCOC)c(=O)c3sccc32)c1. The summed E-state index contributed by atoms with van der Waals surface area (Å²) in [7, 11) is 1.51. The average molecular weight is 387 g/mol. The van der Waals surface area contributed by atoms with Crippen LogP contribution < -0.4 is 16.6 Å². The molecule has 0 saturated carbocycles. The monoisotopic (exact) mass is 387 g/mol. The summed E-state index contributed by atoms with van der Waals surface area (Å²) < 4.78 is 7.89. The Hall–Kier alpha value is -2.71. The van der Waals surface area contributed by atoms with Crippen LogP contribution in [0.3, 0.4) is 0 Å². The predicted octanol–water partition coefficient (Wildman–Crippen LogP) is 2.07. The molecule has 3 aromatic rings. The summed E-state index contributed by atoms with van der Waals surface area (Å²) in [4.78, 5) is 37.8. The zero-order valence-corrected chi connectivity index (χ0v) is 16.0. The fraction of sp³-hybridized carbons (Fsp3) is 0.316. The third-order valence-corrected chi connectivity index (χ3v) is 5.17. The van der Waals surface area contributed by atoms with Gasteiger partial charge in [-0.3, -0.25) is 18.7 Å². The summed E-state index contributed by atoms with van der Waals surface area (Å²) in [5.41, 5.74) is 1.40. The smallest absolute Gasteiger partial charge is 0.332 e. The van der Waals surface area contributed by atoms with Crippen LogP contribution in [0.15, 0.2) is 45.3 Å². The van der Waals surface area contributed by atoms with E-state index in [4.69, 9.17) is 4.74 Å². The van der Waals surface area contributed by atoms with E-state index < -0.39 is 5.69 Å². The van der Waals surface area contributed by atoms with Gasteiger partial charge in [0.05, 0.1) is 18.7 Å². The minimum atomic E-state index is -0.514. The summed E-state index contributed by atoms with van der Waals surface area (Å²) >= 11 is 1.25. The number of thiophene rings is 1. The molecule has 1 N–H and O–H groups in total. The number of nitrogens with one attached hydrogen (secondary N) is 1. The summed E-state index contributed by atoms with van der Waals surface area (Å²) in [5.74, 6) is -0.324. The maximum atomic E-state index is 12.8. The molecule has 0 saturated heterocycles. The van der Waals surface area contributed by atoms with E-state index in [9.17, 15) is 14.4 Å². The lowest BCUT2D eigenvalue weighted by molar-refractivity contribution is -0.116. The number of nitrogens with zero attached hydrogens (tertiary/aromatic N) is 2. The highest BCUT2D eigenvalue weighted by Gasteiger charge is 2.16. The Kier molecular flexibility index (Phi) is 5.88. The molecule has 142 valence electrons. The van der Waals surface area contributed by atoms with Gasteiger partial charge in [-0.05, 0) is 35.6 Å². The molecule has 0 spiro atoms. The van der Waals surface area contributed by atoms with Gasteiger partial charge in [0, 0.05) is 12.8 Å². The van der Waals surface area contributed by atoms with Crippen LogP contribution >= 0.6 is 11.3 Å². The fourth-order valence-corrected chi connectivity index (χ4v) is 3.72. The lowest BCUT2D eigenvalue weighted by Gasteiger charge is -2.12.